The number of fused-ring (bicyclic) bond motifs is 1. The zero-order valence-electron chi connectivity index (χ0n) is 9.21. The van der Waals surface area contributed by atoms with E-state index in [1.54, 1.807) is 13.8 Å². The second kappa shape index (κ2) is 3.68. The Hall–Kier alpha value is -0.200. The molecule has 15 heavy (non-hydrogen) atoms. The van der Waals surface area contributed by atoms with Crippen molar-refractivity contribution in [2.24, 2.45) is 5.92 Å². The molecule has 2 aliphatic rings. The topological polar surface area (TPSA) is 68.2 Å². The zero-order chi connectivity index (χ0) is 11.2. The lowest BCUT2D eigenvalue weighted by Gasteiger charge is -2.25. The second-order valence-electron chi connectivity index (χ2n) is 4.72. The predicted molar refractivity (Wildman–Crippen MR) is 51.0 cm³/mol. The normalized spacial score (nSPS) is 45.4. The number of hydrogen-bond donors (Lipinski definition) is 2. The fourth-order valence-corrected chi connectivity index (χ4v) is 2.09. The molecule has 0 aromatic rings. The van der Waals surface area contributed by atoms with Gasteiger partial charge in [0.2, 0.25) is 0 Å². The average Bonchev–Trinajstić information content (AvgIpc) is 2.60. The third-order valence-electron chi connectivity index (χ3n) is 2.90. The summed E-state index contributed by atoms with van der Waals surface area (Å²) < 4.78 is 16.5. The molecule has 0 saturated carbocycles. The summed E-state index contributed by atoms with van der Waals surface area (Å²) in [5, 5.41) is 19.0. The van der Waals surface area contributed by atoms with E-state index in [1.807, 2.05) is 6.92 Å². The Morgan fingerprint density at radius 3 is 2.53 bits per heavy atom. The van der Waals surface area contributed by atoms with E-state index in [0.29, 0.717) is 0 Å². The van der Waals surface area contributed by atoms with Crippen molar-refractivity contribution in [3.05, 3.63) is 0 Å². The van der Waals surface area contributed by atoms with Crippen LogP contribution in [0.4, 0.5) is 0 Å². The Morgan fingerprint density at radius 1 is 1.33 bits per heavy atom. The van der Waals surface area contributed by atoms with Crippen molar-refractivity contribution in [2.45, 2.75) is 51.2 Å². The maximum atomic E-state index is 9.95. The molecule has 2 fully saturated rings. The third kappa shape index (κ3) is 1.90. The molecule has 0 aromatic heterocycles. The number of aliphatic hydroxyl groups excluding tert-OH is 2. The van der Waals surface area contributed by atoms with Gasteiger partial charge in [-0.25, -0.2) is 0 Å². The van der Waals surface area contributed by atoms with Gasteiger partial charge >= 0.3 is 0 Å². The Morgan fingerprint density at radius 2 is 2.00 bits per heavy atom. The van der Waals surface area contributed by atoms with Crippen LogP contribution in [-0.4, -0.2) is 47.2 Å². The van der Waals surface area contributed by atoms with Crippen LogP contribution in [0.1, 0.15) is 20.8 Å². The molecule has 0 radical (unpaired) electrons. The van der Waals surface area contributed by atoms with Crippen LogP contribution in [0, 0.1) is 5.92 Å². The van der Waals surface area contributed by atoms with E-state index in [9.17, 15) is 5.11 Å². The highest BCUT2D eigenvalue weighted by Gasteiger charge is 2.55. The lowest BCUT2D eigenvalue weighted by molar-refractivity contribution is -0.221. The summed E-state index contributed by atoms with van der Waals surface area (Å²) in [4.78, 5) is 0. The van der Waals surface area contributed by atoms with Crippen molar-refractivity contribution >= 4 is 0 Å². The Balaban J connectivity index is 2.05. The van der Waals surface area contributed by atoms with Crippen LogP contribution in [0.25, 0.3) is 0 Å². The van der Waals surface area contributed by atoms with Crippen LogP contribution in [0.15, 0.2) is 0 Å². The summed E-state index contributed by atoms with van der Waals surface area (Å²) >= 11 is 0. The molecule has 0 amide bonds. The largest absolute Gasteiger partial charge is 0.396 e. The van der Waals surface area contributed by atoms with E-state index in [-0.39, 0.29) is 12.5 Å². The first kappa shape index (κ1) is 11.3. The van der Waals surface area contributed by atoms with Gasteiger partial charge in [0.05, 0.1) is 6.10 Å². The Labute approximate surface area is 88.9 Å². The molecule has 0 aliphatic carbocycles. The summed E-state index contributed by atoms with van der Waals surface area (Å²) in [6, 6.07) is 0. The van der Waals surface area contributed by atoms with Gasteiger partial charge in [-0.3, -0.25) is 0 Å². The van der Waals surface area contributed by atoms with E-state index in [0.717, 1.165) is 0 Å². The fourth-order valence-electron chi connectivity index (χ4n) is 2.09. The SMILES string of the molecule is C[C@H](CO)[C@H]1O[C@@H]2OC(C)(C)O[C@@H]2[C@@H]1O. The predicted octanol–water partition coefficient (Wildman–Crippen LogP) is -0.148. The van der Waals surface area contributed by atoms with Gasteiger partial charge < -0.3 is 24.4 Å². The molecule has 5 heteroatoms. The summed E-state index contributed by atoms with van der Waals surface area (Å²) in [7, 11) is 0. The average molecular weight is 218 g/mol. The molecular formula is C10H18O5. The van der Waals surface area contributed by atoms with Crippen LogP contribution in [0.3, 0.4) is 0 Å². The summed E-state index contributed by atoms with van der Waals surface area (Å²) in [6.07, 6.45) is -2.12. The van der Waals surface area contributed by atoms with Crippen LogP contribution in [-0.2, 0) is 14.2 Å². The van der Waals surface area contributed by atoms with Crippen molar-refractivity contribution in [1.29, 1.82) is 0 Å². The van der Waals surface area contributed by atoms with Gasteiger partial charge in [0, 0.05) is 12.5 Å². The van der Waals surface area contributed by atoms with Crippen molar-refractivity contribution in [2.75, 3.05) is 6.61 Å². The van der Waals surface area contributed by atoms with Gasteiger partial charge in [0.25, 0.3) is 0 Å². The Kier molecular flexibility index (Phi) is 2.77. The molecule has 5 atom stereocenters. The second-order valence-corrected chi connectivity index (χ2v) is 4.72. The van der Waals surface area contributed by atoms with Gasteiger partial charge in [-0.2, -0.15) is 0 Å². The molecule has 2 N–H and O–H groups in total. The van der Waals surface area contributed by atoms with Crippen molar-refractivity contribution in [3.8, 4) is 0 Å². The first-order valence-electron chi connectivity index (χ1n) is 5.24. The molecule has 0 aromatic carbocycles. The smallest absolute Gasteiger partial charge is 0.190 e. The standard InChI is InChI=1S/C10H18O5/c1-5(4-11)7-6(12)8-9(13-7)15-10(2,3)14-8/h5-9,11-12H,4H2,1-3H3/t5-,6-,7-,8-,9-/m1/s1. The number of hydrogen-bond acceptors (Lipinski definition) is 5. The molecule has 2 heterocycles. The van der Waals surface area contributed by atoms with E-state index >= 15 is 0 Å². The van der Waals surface area contributed by atoms with E-state index in [2.05, 4.69) is 0 Å². The minimum atomic E-state index is -0.737. The fraction of sp³-hybridized carbons (Fsp3) is 1.00. The van der Waals surface area contributed by atoms with Crippen molar-refractivity contribution in [1.82, 2.24) is 0 Å². The van der Waals surface area contributed by atoms with Gasteiger partial charge in [-0.05, 0) is 13.8 Å². The Bertz CT molecular complexity index is 242. The maximum absolute atomic E-state index is 9.95. The molecule has 0 bridgehead atoms. The quantitative estimate of drug-likeness (QED) is 0.674. The molecular weight excluding hydrogens is 200 g/mol. The van der Waals surface area contributed by atoms with E-state index in [4.69, 9.17) is 19.3 Å². The molecule has 2 aliphatic heterocycles. The third-order valence-corrected chi connectivity index (χ3v) is 2.90. The lowest BCUT2D eigenvalue weighted by atomic mass is 9.99. The molecule has 0 spiro atoms. The van der Waals surface area contributed by atoms with Crippen LogP contribution >= 0.6 is 0 Å². The van der Waals surface area contributed by atoms with Gasteiger partial charge in [0.15, 0.2) is 12.1 Å². The van der Waals surface area contributed by atoms with Gasteiger partial charge in [-0.1, -0.05) is 6.92 Å². The molecule has 2 rings (SSSR count). The van der Waals surface area contributed by atoms with Crippen molar-refractivity contribution in [3.63, 3.8) is 0 Å². The molecule has 0 unspecified atom stereocenters. The highest BCUT2D eigenvalue weighted by Crippen LogP contribution is 2.39. The lowest BCUT2D eigenvalue weighted by Crippen LogP contribution is -2.38. The minimum absolute atomic E-state index is 0.0233. The van der Waals surface area contributed by atoms with Crippen LogP contribution < -0.4 is 0 Å². The highest BCUT2D eigenvalue weighted by atomic mass is 16.8. The van der Waals surface area contributed by atoms with Crippen LogP contribution in [0.2, 0.25) is 0 Å². The first-order valence-corrected chi connectivity index (χ1v) is 5.24. The number of aliphatic hydroxyl groups is 2. The van der Waals surface area contributed by atoms with Gasteiger partial charge in [0.1, 0.15) is 12.2 Å². The zero-order valence-corrected chi connectivity index (χ0v) is 9.21. The molecule has 5 nitrogen and oxygen atoms in total. The molecule has 2 saturated heterocycles. The maximum Gasteiger partial charge on any atom is 0.190 e. The van der Waals surface area contributed by atoms with E-state index < -0.39 is 30.4 Å². The minimum Gasteiger partial charge on any atom is -0.396 e. The van der Waals surface area contributed by atoms with Crippen LogP contribution in [0.5, 0.6) is 0 Å². The van der Waals surface area contributed by atoms with Crippen molar-refractivity contribution < 1.29 is 24.4 Å². The summed E-state index contributed by atoms with van der Waals surface area (Å²) in [5.41, 5.74) is 0. The van der Waals surface area contributed by atoms with E-state index in [1.165, 1.54) is 0 Å². The number of ether oxygens (including phenoxy) is 3. The van der Waals surface area contributed by atoms with Gasteiger partial charge in [-0.15, -0.1) is 0 Å². The molecule has 88 valence electrons. The monoisotopic (exact) mass is 218 g/mol. The first-order chi connectivity index (χ1) is 6.94. The summed E-state index contributed by atoms with van der Waals surface area (Å²) in [6.45, 7) is 5.36. The highest BCUT2D eigenvalue weighted by molar-refractivity contribution is 4.94. The number of rotatable bonds is 2. The summed E-state index contributed by atoms with van der Waals surface area (Å²) in [5.74, 6) is -0.829.